The van der Waals surface area contributed by atoms with Crippen LogP contribution in [-0.2, 0) is 0 Å². The second-order valence-corrected chi connectivity index (χ2v) is 4.18. The molecular weight excluding hydrogens is 250 g/mol. The van der Waals surface area contributed by atoms with E-state index in [4.69, 9.17) is 10.5 Å². The second-order valence-electron chi connectivity index (χ2n) is 4.18. The molecule has 2 rings (SSSR count). The number of hydrogen-bond acceptors (Lipinski definition) is 3. The van der Waals surface area contributed by atoms with E-state index in [9.17, 15) is 8.78 Å². The van der Waals surface area contributed by atoms with Crippen molar-refractivity contribution in [1.29, 1.82) is 0 Å². The highest BCUT2D eigenvalue weighted by Gasteiger charge is 2.10. The number of ether oxygens (including phenoxy) is 1. The number of benzene rings is 2. The van der Waals surface area contributed by atoms with Gasteiger partial charge < -0.3 is 15.8 Å². The lowest BCUT2D eigenvalue weighted by Crippen LogP contribution is -2.01. The van der Waals surface area contributed by atoms with Gasteiger partial charge in [0.2, 0.25) is 0 Å². The summed E-state index contributed by atoms with van der Waals surface area (Å²) in [5.74, 6) is -0.737. The molecule has 0 heterocycles. The van der Waals surface area contributed by atoms with Crippen molar-refractivity contribution in [3.05, 3.63) is 47.5 Å². The van der Waals surface area contributed by atoms with Crippen LogP contribution in [0.15, 0.2) is 30.3 Å². The monoisotopic (exact) mass is 264 g/mol. The van der Waals surface area contributed by atoms with Crippen LogP contribution in [-0.4, -0.2) is 7.11 Å². The van der Waals surface area contributed by atoms with E-state index in [2.05, 4.69) is 5.32 Å². The first-order valence-corrected chi connectivity index (χ1v) is 5.67. The number of methoxy groups -OCH3 is 1. The minimum absolute atomic E-state index is 0.0826. The predicted octanol–water partition coefficient (Wildman–Crippen LogP) is 3.61. The third-order valence-corrected chi connectivity index (χ3v) is 2.73. The number of nitrogen functional groups attached to an aromatic ring is 1. The molecule has 2 aromatic carbocycles. The Morgan fingerprint density at radius 2 is 1.79 bits per heavy atom. The van der Waals surface area contributed by atoms with Crippen molar-refractivity contribution in [2.75, 3.05) is 18.2 Å². The van der Waals surface area contributed by atoms with Crippen LogP contribution < -0.4 is 15.8 Å². The van der Waals surface area contributed by atoms with Crippen LogP contribution >= 0.6 is 0 Å². The molecule has 0 aliphatic heterocycles. The van der Waals surface area contributed by atoms with Gasteiger partial charge >= 0.3 is 0 Å². The normalized spacial score (nSPS) is 10.3. The molecule has 0 atom stereocenters. The lowest BCUT2D eigenvalue weighted by atomic mass is 10.2. The topological polar surface area (TPSA) is 47.3 Å². The summed E-state index contributed by atoms with van der Waals surface area (Å²) >= 11 is 0. The SMILES string of the molecule is COc1cc(F)c(N)c(Nc2ccc(C)cc2F)c1. The van der Waals surface area contributed by atoms with Gasteiger partial charge in [-0.3, -0.25) is 0 Å². The molecule has 19 heavy (non-hydrogen) atoms. The van der Waals surface area contributed by atoms with Gasteiger partial charge in [0, 0.05) is 12.1 Å². The summed E-state index contributed by atoms with van der Waals surface area (Å²) in [5.41, 5.74) is 6.83. The van der Waals surface area contributed by atoms with Gasteiger partial charge in [-0.25, -0.2) is 8.78 Å². The summed E-state index contributed by atoms with van der Waals surface area (Å²) in [5, 5.41) is 2.76. The molecule has 100 valence electrons. The molecule has 0 saturated carbocycles. The molecule has 0 bridgehead atoms. The van der Waals surface area contributed by atoms with Gasteiger partial charge in [-0.15, -0.1) is 0 Å². The first kappa shape index (κ1) is 13.1. The highest BCUT2D eigenvalue weighted by atomic mass is 19.1. The average Bonchev–Trinajstić information content (AvgIpc) is 2.37. The number of nitrogens with one attached hydrogen (secondary N) is 1. The van der Waals surface area contributed by atoms with E-state index in [0.717, 1.165) is 5.56 Å². The number of rotatable bonds is 3. The molecule has 0 aliphatic carbocycles. The van der Waals surface area contributed by atoms with Gasteiger partial charge in [0.05, 0.1) is 24.2 Å². The summed E-state index contributed by atoms with van der Waals surface area (Å²) < 4.78 is 32.2. The molecule has 0 aliphatic rings. The highest BCUT2D eigenvalue weighted by molar-refractivity contribution is 5.74. The zero-order valence-corrected chi connectivity index (χ0v) is 10.6. The van der Waals surface area contributed by atoms with Crippen molar-refractivity contribution in [2.24, 2.45) is 0 Å². The first-order chi connectivity index (χ1) is 9.01. The Labute approximate surface area is 110 Å². The molecule has 0 aromatic heterocycles. The Hall–Kier alpha value is -2.30. The maximum Gasteiger partial charge on any atom is 0.151 e. The smallest absolute Gasteiger partial charge is 0.151 e. The van der Waals surface area contributed by atoms with Crippen molar-refractivity contribution in [3.63, 3.8) is 0 Å². The van der Waals surface area contributed by atoms with Crippen molar-refractivity contribution in [3.8, 4) is 5.75 Å². The van der Waals surface area contributed by atoms with E-state index in [-0.39, 0.29) is 17.1 Å². The van der Waals surface area contributed by atoms with Crippen molar-refractivity contribution < 1.29 is 13.5 Å². The van der Waals surface area contributed by atoms with E-state index in [0.29, 0.717) is 5.75 Å². The number of hydrogen-bond donors (Lipinski definition) is 2. The third kappa shape index (κ3) is 2.76. The summed E-state index contributed by atoms with van der Waals surface area (Å²) in [4.78, 5) is 0. The van der Waals surface area contributed by atoms with E-state index in [1.165, 1.54) is 25.3 Å². The fourth-order valence-electron chi connectivity index (χ4n) is 1.68. The van der Waals surface area contributed by atoms with Gasteiger partial charge in [-0.2, -0.15) is 0 Å². The van der Waals surface area contributed by atoms with Gasteiger partial charge in [-0.1, -0.05) is 6.07 Å². The number of nitrogens with two attached hydrogens (primary N) is 1. The standard InChI is InChI=1S/C14H14F2N2O/c1-8-3-4-12(10(15)5-8)18-13-7-9(19-2)6-11(16)14(13)17/h3-7,18H,17H2,1-2H3. The number of anilines is 3. The summed E-state index contributed by atoms with van der Waals surface area (Å²) in [6.07, 6.45) is 0. The molecular formula is C14H14F2N2O. The van der Waals surface area contributed by atoms with Gasteiger partial charge in [0.15, 0.2) is 5.82 Å². The maximum atomic E-state index is 13.7. The van der Waals surface area contributed by atoms with Crippen LogP contribution in [0.4, 0.5) is 25.8 Å². The quantitative estimate of drug-likeness (QED) is 0.832. The molecule has 0 saturated heterocycles. The minimum Gasteiger partial charge on any atom is -0.497 e. The van der Waals surface area contributed by atoms with Gasteiger partial charge in [-0.05, 0) is 24.6 Å². The summed E-state index contributed by atoms with van der Waals surface area (Å²) in [7, 11) is 1.42. The third-order valence-electron chi connectivity index (χ3n) is 2.73. The number of halogens is 2. The molecule has 5 heteroatoms. The Bertz CT molecular complexity index is 615. The molecule has 0 amide bonds. The Morgan fingerprint density at radius 3 is 2.42 bits per heavy atom. The van der Waals surface area contributed by atoms with Gasteiger partial charge in [0.1, 0.15) is 11.6 Å². The van der Waals surface area contributed by atoms with Crippen LogP contribution in [0.3, 0.4) is 0 Å². The van der Waals surface area contributed by atoms with Crippen molar-refractivity contribution in [2.45, 2.75) is 6.92 Å². The van der Waals surface area contributed by atoms with Crippen molar-refractivity contribution in [1.82, 2.24) is 0 Å². The molecule has 0 fully saturated rings. The molecule has 0 radical (unpaired) electrons. The summed E-state index contributed by atoms with van der Waals surface area (Å²) in [6.45, 7) is 1.78. The average molecular weight is 264 g/mol. The first-order valence-electron chi connectivity index (χ1n) is 5.67. The highest BCUT2D eigenvalue weighted by Crippen LogP contribution is 2.31. The second kappa shape index (κ2) is 5.14. The largest absolute Gasteiger partial charge is 0.497 e. The molecule has 2 aromatic rings. The van der Waals surface area contributed by atoms with Crippen LogP contribution in [0.5, 0.6) is 5.75 Å². The van der Waals surface area contributed by atoms with Crippen LogP contribution in [0.2, 0.25) is 0 Å². The minimum atomic E-state index is -0.616. The van der Waals surface area contributed by atoms with E-state index in [1.54, 1.807) is 19.1 Å². The Morgan fingerprint density at radius 1 is 1.05 bits per heavy atom. The van der Waals surface area contributed by atoms with E-state index < -0.39 is 11.6 Å². The lowest BCUT2D eigenvalue weighted by Gasteiger charge is -2.12. The van der Waals surface area contributed by atoms with Crippen molar-refractivity contribution >= 4 is 17.1 Å². The fraction of sp³-hybridized carbons (Fsp3) is 0.143. The summed E-state index contributed by atoms with van der Waals surface area (Å²) in [6, 6.07) is 7.39. The predicted molar refractivity (Wildman–Crippen MR) is 71.8 cm³/mol. The molecule has 0 unspecified atom stereocenters. The van der Waals surface area contributed by atoms with E-state index in [1.807, 2.05) is 0 Å². The lowest BCUT2D eigenvalue weighted by molar-refractivity contribution is 0.412. The zero-order chi connectivity index (χ0) is 14.0. The van der Waals surface area contributed by atoms with Gasteiger partial charge in [0.25, 0.3) is 0 Å². The zero-order valence-electron chi connectivity index (χ0n) is 10.6. The van der Waals surface area contributed by atoms with Crippen LogP contribution in [0.1, 0.15) is 5.56 Å². The maximum absolute atomic E-state index is 13.7. The molecule has 3 nitrogen and oxygen atoms in total. The Balaban J connectivity index is 2.40. The van der Waals surface area contributed by atoms with E-state index >= 15 is 0 Å². The number of aryl methyl sites for hydroxylation is 1. The Kier molecular flexibility index (Phi) is 3.55. The van der Waals surface area contributed by atoms with Crippen LogP contribution in [0.25, 0.3) is 0 Å². The fourth-order valence-corrected chi connectivity index (χ4v) is 1.68. The van der Waals surface area contributed by atoms with Crippen LogP contribution in [0, 0.1) is 18.6 Å². The molecule has 3 N–H and O–H groups in total. The molecule has 0 spiro atoms.